The van der Waals surface area contributed by atoms with E-state index in [1.807, 2.05) is 60.4 Å². The number of nitrogens with one attached hydrogen (secondary N) is 1. The van der Waals surface area contributed by atoms with Gasteiger partial charge in [-0.1, -0.05) is 31.2 Å². The van der Waals surface area contributed by atoms with E-state index in [1.165, 1.54) is 0 Å². The molecule has 0 saturated heterocycles. The van der Waals surface area contributed by atoms with Gasteiger partial charge >= 0.3 is 0 Å². The summed E-state index contributed by atoms with van der Waals surface area (Å²) in [4.78, 5) is 15.3. The van der Waals surface area contributed by atoms with Crippen LogP contribution in [0.25, 0.3) is 0 Å². The first-order valence-corrected chi connectivity index (χ1v) is 10.0. The number of amides is 1. The third-order valence-corrected chi connectivity index (χ3v) is 5.38. The first-order valence-electron chi connectivity index (χ1n) is 10.0. The number of nitrogens with zero attached hydrogens (tertiary/aromatic N) is 1. The van der Waals surface area contributed by atoms with Crippen LogP contribution in [-0.4, -0.2) is 36.7 Å². The molecule has 0 aliphatic carbocycles. The highest BCUT2D eigenvalue weighted by molar-refractivity contribution is 6.02. The summed E-state index contributed by atoms with van der Waals surface area (Å²) in [6.07, 6.45) is 0.879. The monoisotopic (exact) mass is 382 g/mol. The Morgan fingerprint density at radius 1 is 1.07 bits per heavy atom. The molecule has 5 nitrogen and oxygen atoms in total. The summed E-state index contributed by atoms with van der Waals surface area (Å²) >= 11 is 0. The molecule has 1 heterocycles. The van der Waals surface area contributed by atoms with Gasteiger partial charge in [-0.2, -0.15) is 0 Å². The molecule has 3 rings (SSSR count). The molecular weight excluding hydrogens is 352 g/mol. The maximum Gasteiger partial charge on any atom is 0.258 e. The van der Waals surface area contributed by atoms with E-state index in [4.69, 9.17) is 9.47 Å². The molecule has 1 N–H and O–H groups in total. The highest BCUT2D eigenvalue weighted by atomic mass is 16.5. The Morgan fingerprint density at radius 3 is 2.46 bits per heavy atom. The average molecular weight is 383 g/mol. The van der Waals surface area contributed by atoms with E-state index in [9.17, 15) is 4.79 Å². The van der Waals surface area contributed by atoms with E-state index < -0.39 is 5.66 Å². The lowest BCUT2D eigenvalue weighted by Gasteiger charge is -2.49. The van der Waals surface area contributed by atoms with Crippen LogP contribution in [0.1, 0.15) is 50.0 Å². The lowest BCUT2D eigenvalue weighted by Crippen LogP contribution is -2.58. The van der Waals surface area contributed by atoms with Crippen molar-refractivity contribution in [3.8, 4) is 5.75 Å². The summed E-state index contributed by atoms with van der Waals surface area (Å²) in [5, 5.41) is 3.61. The Labute approximate surface area is 167 Å². The van der Waals surface area contributed by atoms with Crippen molar-refractivity contribution >= 4 is 11.6 Å². The van der Waals surface area contributed by atoms with E-state index in [1.54, 1.807) is 0 Å². The zero-order valence-corrected chi connectivity index (χ0v) is 17.2. The smallest absolute Gasteiger partial charge is 0.258 e. The number of ether oxygens (including phenoxy) is 2. The fraction of sp³-hybridized carbons (Fsp3) is 0.435. The van der Waals surface area contributed by atoms with Gasteiger partial charge in [0.25, 0.3) is 5.91 Å². The molecule has 5 heteroatoms. The van der Waals surface area contributed by atoms with E-state index >= 15 is 0 Å². The van der Waals surface area contributed by atoms with Crippen molar-refractivity contribution in [2.24, 2.45) is 0 Å². The van der Waals surface area contributed by atoms with Crippen LogP contribution >= 0.6 is 0 Å². The summed E-state index contributed by atoms with van der Waals surface area (Å²) in [7, 11) is 0. The molecule has 1 aliphatic heterocycles. The molecule has 0 fully saturated rings. The van der Waals surface area contributed by atoms with Gasteiger partial charge in [0.15, 0.2) is 0 Å². The molecule has 0 spiro atoms. The van der Waals surface area contributed by atoms with Gasteiger partial charge in [-0.05, 0) is 57.0 Å². The van der Waals surface area contributed by atoms with E-state index in [0.717, 1.165) is 29.0 Å². The standard InChI is InChI=1S/C23H30N2O3/c1-5-17(3)25-22(26)20-9-7-8-10-21(20)24-23(25,4)18-11-13-19(14-12-18)28-16-15-27-6-2/h7-14,17,24H,5-6,15-16H2,1-4H3. The SMILES string of the molecule is CCOCCOc1ccc(C2(C)Nc3ccccc3C(=O)N2C(C)CC)cc1. The summed E-state index contributed by atoms with van der Waals surface area (Å²) in [6, 6.07) is 15.8. The van der Waals surface area contributed by atoms with Crippen molar-refractivity contribution < 1.29 is 14.3 Å². The number of rotatable bonds is 8. The van der Waals surface area contributed by atoms with Gasteiger partial charge in [0, 0.05) is 18.3 Å². The first kappa shape index (κ1) is 20.2. The van der Waals surface area contributed by atoms with Crippen molar-refractivity contribution in [2.45, 2.75) is 45.8 Å². The van der Waals surface area contributed by atoms with Crippen molar-refractivity contribution in [3.05, 3.63) is 59.7 Å². The molecule has 150 valence electrons. The second-order valence-electron chi connectivity index (χ2n) is 7.24. The quantitative estimate of drug-likeness (QED) is 0.676. The second-order valence-corrected chi connectivity index (χ2v) is 7.24. The first-order chi connectivity index (χ1) is 13.5. The minimum absolute atomic E-state index is 0.0586. The van der Waals surface area contributed by atoms with Crippen LogP contribution in [0.15, 0.2) is 48.5 Å². The Bertz CT molecular complexity index is 806. The number of carbonyl (C=O) groups is 1. The Hall–Kier alpha value is -2.53. The molecule has 0 bridgehead atoms. The molecule has 2 aromatic rings. The van der Waals surface area contributed by atoms with Crippen LogP contribution in [0, 0.1) is 0 Å². The van der Waals surface area contributed by atoms with Gasteiger partial charge in [-0.3, -0.25) is 4.79 Å². The van der Waals surface area contributed by atoms with E-state index in [0.29, 0.717) is 19.8 Å². The number of hydrogen-bond acceptors (Lipinski definition) is 4. The fourth-order valence-corrected chi connectivity index (χ4v) is 3.71. The van der Waals surface area contributed by atoms with Crippen LogP contribution in [0.4, 0.5) is 5.69 Å². The van der Waals surface area contributed by atoms with Crippen LogP contribution in [0.3, 0.4) is 0 Å². The van der Waals surface area contributed by atoms with Crippen LogP contribution in [0.5, 0.6) is 5.75 Å². The molecule has 0 saturated carbocycles. The highest BCUT2D eigenvalue weighted by Gasteiger charge is 2.44. The molecule has 1 aliphatic rings. The minimum atomic E-state index is -0.634. The lowest BCUT2D eigenvalue weighted by atomic mass is 9.91. The lowest BCUT2D eigenvalue weighted by molar-refractivity contribution is 0.0399. The van der Waals surface area contributed by atoms with E-state index in [-0.39, 0.29) is 11.9 Å². The van der Waals surface area contributed by atoms with Gasteiger partial charge in [0.05, 0.1) is 12.2 Å². The second kappa shape index (κ2) is 8.65. The predicted molar refractivity (Wildman–Crippen MR) is 112 cm³/mol. The molecule has 2 unspecified atom stereocenters. The number of benzene rings is 2. The Morgan fingerprint density at radius 2 is 1.79 bits per heavy atom. The number of carbonyl (C=O) groups excluding carboxylic acids is 1. The molecule has 1 amide bonds. The van der Waals surface area contributed by atoms with Crippen molar-refractivity contribution in [1.82, 2.24) is 4.90 Å². The molecule has 0 aromatic heterocycles. The minimum Gasteiger partial charge on any atom is -0.491 e. The summed E-state index contributed by atoms with van der Waals surface area (Å²) < 4.78 is 11.0. The van der Waals surface area contributed by atoms with Crippen LogP contribution in [0.2, 0.25) is 0 Å². The summed E-state index contributed by atoms with van der Waals surface area (Å²) in [5.74, 6) is 0.855. The molecular formula is C23H30N2O3. The highest BCUT2D eigenvalue weighted by Crippen LogP contribution is 2.39. The van der Waals surface area contributed by atoms with Crippen molar-refractivity contribution in [2.75, 3.05) is 25.1 Å². The number of anilines is 1. The number of para-hydroxylation sites is 1. The van der Waals surface area contributed by atoms with Crippen LogP contribution < -0.4 is 10.1 Å². The van der Waals surface area contributed by atoms with E-state index in [2.05, 4.69) is 26.1 Å². The molecule has 28 heavy (non-hydrogen) atoms. The number of hydrogen-bond donors (Lipinski definition) is 1. The average Bonchev–Trinajstić information content (AvgIpc) is 2.71. The van der Waals surface area contributed by atoms with Crippen molar-refractivity contribution in [1.29, 1.82) is 0 Å². The third kappa shape index (κ3) is 3.85. The van der Waals surface area contributed by atoms with Gasteiger partial charge in [0.1, 0.15) is 18.0 Å². The fourth-order valence-electron chi connectivity index (χ4n) is 3.71. The van der Waals surface area contributed by atoms with Gasteiger partial charge in [-0.25, -0.2) is 0 Å². The van der Waals surface area contributed by atoms with Gasteiger partial charge < -0.3 is 19.7 Å². The Balaban J connectivity index is 1.90. The summed E-state index contributed by atoms with van der Waals surface area (Å²) in [6.45, 7) is 10.0. The summed E-state index contributed by atoms with van der Waals surface area (Å²) in [5.41, 5.74) is 1.97. The molecule has 2 atom stereocenters. The van der Waals surface area contributed by atoms with Crippen molar-refractivity contribution in [3.63, 3.8) is 0 Å². The normalized spacial score (nSPS) is 19.7. The van der Waals surface area contributed by atoms with Crippen LogP contribution in [-0.2, 0) is 10.4 Å². The topological polar surface area (TPSA) is 50.8 Å². The zero-order chi connectivity index (χ0) is 20.1. The predicted octanol–water partition coefficient (Wildman–Crippen LogP) is 4.64. The zero-order valence-electron chi connectivity index (χ0n) is 17.2. The molecule has 0 radical (unpaired) electrons. The molecule has 2 aromatic carbocycles. The maximum atomic E-state index is 13.3. The van der Waals surface area contributed by atoms with Gasteiger partial charge in [0.2, 0.25) is 0 Å². The largest absolute Gasteiger partial charge is 0.491 e. The maximum absolute atomic E-state index is 13.3. The number of fused-ring (bicyclic) bond motifs is 1. The Kier molecular flexibility index (Phi) is 6.25. The third-order valence-electron chi connectivity index (χ3n) is 5.38. The van der Waals surface area contributed by atoms with Gasteiger partial charge in [-0.15, -0.1) is 0 Å².